The van der Waals surface area contributed by atoms with E-state index in [2.05, 4.69) is 5.32 Å². The first-order valence-electron chi connectivity index (χ1n) is 16.9. The van der Waals surface area contributed by atoms with Gasteiger partial charge in [-0.05, 0) is 85.2 Å². The van der Waals surface area contributed by atoms with Crippen LogP contribution >= 0.6 is 11.8 Å². The maximum atomic E-state index is 12.7. The Labute approximate surface area is 284 Å². The molecule has 13 heteroatoms. The fourth-order valence-corrected chi connectivity index (χ4v) is 5.56. The van der Waals surface area contributed by atoms with E-state index in [0.717, 1.165) is 62.9 Å². The van der Waals surface area contributed by atoms with Crippen molar-refractivity contribution >= 4 is 53.2 Å². The fraction of sp³-hybridized carbons (Fsp3) is 0.794. The molecule has 1 heterocycles. The zero-order valence-electron chi connectivity index (χ0n) is 29.2. The lowest BCUT2D eigenvalue weighted by Crippen LogP contribution is -2.44. The minimum Gasteiger partial charge on any atom is -0.458 e. The largest absolute Gasteiger partial charge is 0.458 e. The minimum atomic E-state index is -1.07. The topological polar surface area (TPSA) is 162 Å². The standard InChI is InChI=1S/C34H56N2O10S/c1-33(2,3)44-31(42)25(19-22-30(41)46-36-28(39)20-21-29(36)40)35-27(38)18-14-10-8-12-16-24-47-23-15-11-7-9-13-17-26(37)32(43)45-34(4,5)6/h25H,7-24H2,1-6H3,(H,35,38). The van der Waals surface area contributed by atoms with E-state index in [0.29, 0.717) is 17.9 Å². The average molecular weight is 685 g/mol. The smallest absolute Gasteiger partial charge is 0.375 e. The molecule has 1 N–H and O–H groups in total. The van der Waals surface area contributed by atoms with Crippen molar-refractivity contribution in [2.45, 2.75) is 162 Å². The summed E-state index contributed by atoms with van der Waals surface area (Å²) in [6.07, 6.45) is 9.72. The number of esters is 2. The van der Waals surface area contributed by atoms with E-state index in [1.807, 2.05) is 11.8 Å². The first kappa shape index (κ1) is 42.1. The molecule has 0 aromatic heterocycles. The third-order valence-corrected chi connectivity index (χ3v) is 8.03. The maximum absolute atomic E-state index is 12.7. The summed E-state index contributed by atoms with van der Waals surface area (Å²) in [5.74, 6) is -2.01. The molecule has 268 valence electrons. The second-order valence-electron chi connectivity index (χ2n) is 13.8. The van der Waals surface area contributed by atoms with E-state index in [1.54, 1.807) is 41.5 Å². The molecule has 47 heavy (non-hydrogen) atoms. The Bertz CT molecular complexity index is 1050. The molecular weight excluding hydrogens is 628 g/mol. The number of rotatable bonds is 23. The average Bonchev–Trinajstić information content (AvgIpc) is 3.27. The van der Waals surface area contributed by atoms with Gasteiger partial charge in [0.15, 0.2) is 0 Å². The van der Waals surface area contributed by atoms with Crippen LogP contribution in [0.1, 0.15) is 144 Å². The highest BCUT2D eigenvalue weighted by Crippen LogP contribution is 2.17. The van der Waals surface area contributed by atoms with Gasteiger partial charge in [0.25, 0.3) is 11.8 Å². The first-order valence-corrected chi connectivity index (χ1v) is 18.1. The van der Waals surface area contributed by atoms with Crippen LogP contribution in [0.2, 0.25) is 0 Å². The van der Waals surface area contributed by atoms with Crippen LogP contribution < -0.4 is 5.32 Å². The molecule has 1 aliphatic rings. The Morgan fingerprint density at radius 2 is 1.19 bits per heavy atom. The number of nitrogens with zero attached hydrogens (tertiary/aromatic N) is 1. The van der Waals surface area contributed by atoms with Gasteiger partial charge in [-0.2, -0.15) is 11.8 Å². The Kier molecular flexibility index (Phi) is 19.5. The Balaban J connectivity index is 2.15. The number of carbonyl (C=O) groups excluding carboxylic acids is 7. The van der Waals surface area contributed by atoms with E-state index in [1.165, 1.54) is 0 Å². The number of amides is 3. The summed E-state index contributed by atoms with van der Waals surface area (Å²) in [7, 11) is 0. The summed E-state index contributed by atoms with van der Waals surface area (Å²) < 4.78 is 10.5. The van der Waals surface area contributed by atoms with Crippen LogP contribution in [-0.2, 0) is 47.9 Å². The summed E-state index contributed by atoms with van der Waals surface area (Å²) in [5, 5.41) is 3.12. The van der Waals surface area contributed by atoms with Crippen LogP contribution in [0.5, 0.6) is 0 Å². The minimum absolute atomic E-state index is 0.0173. The predicted octanol–water partition coefficient (Wildman–Crippen LogP) is 5.53. The number of hydrogen-bond donors (Lipinski definition) is 1. The van der Waals surface area contributed by atoms with Gasteiger partial charge in [-0.15, -0.1) is 5.06 Å². The summed E-state index contributed by atoms with van der Waals surface area (Å²) in [5.41, 5.74) is -1.44. The molecule has 1 saturated heterocycles. The van der Waals surface area contributed by atoms with Crippen molar-refractivity contribution in [3.8, 4) is 0 Å². The molecule has 0 saturated carbocycles. The number of ether oxygens (including phenoxy) is 2. The van der Waals surface area contributed by atoms with Gasteiger partial charge in [-0.1, -0.05) is 38.5 Å². The molecule has 0 radical (unpaired) electrons. The molecule has 12 nitrogen and oxygen atoms in total. The van der Waals surface area contributed by atoms with Gasteiger partial charge < -0.3 is 19.6 Å². The molecular formula is C34H56N2O10S. The van der Waals surface area contributed by atoms with Crippen molar-refractivity contribution in [3.05, 3.63) is 0 Å². The van der Waals surface area contributed by atoms with Gasteiger partial charge in [0.05, 0.1) is 6.42 Å². The number of hydrogen-bond acceptors (Lipinski definition) is 11. The second kappa shape index (κ2) is 21.8. The molecule has 1 unspecified atom stereocenters. The highest BCUT2D eigenvalue weighted by Gasteiger charge is 2.34. The van der Waals surface area contributed by atoms with Crippen molar-refractivity contribution in [1.29, 1.82) is 0 Å². The van der Waals surface area contributed by atoms with E-state index in [9.17, 15) is 33.6 Å². The molecule has 1 rings (SSSR count). The van der Waals surface area contributed by atoms with Gasteiger partial charge in [-0.25, -0.2) is 14.4 Å². The molecule has 1 fully saturated rings. The number of ketones is 1. The van der Waals surface area contributed by atoms with Crippen LogP contribution in [0.25, 0.3) is 0 Å². The zero-order chi connectivity index (χ0) is 35.5. The number of unbranched alkanes of at least 4 members (excludes halogenated alkanes) is 8. The fourth-order valence-electron chi connectivity index (χ4n) is 4.54. The summed E-state index contributed by atoms with van der Waals surface area (Å²) >= 11 is 1.94. The SMILES string of the molecule is CC(C)(C)OC(=O)C(=O)CCCCCCCSCCCCCCCC(=O)NC(CCC(=O)ON1C(=O)CCC1=O)C(=O)OC(C)(C)C. The number of imide groups is 1. The molecule has 0 aromatic carbocycles. The molecule has 1 atom stereocenters. The van der Waals surface area contributed by atoms with Crippen molar-refractivity contribution in [3.63, 3.8) is 0 Å². The van der Waals surface area contributed by atoms with Gasteiger partial charge in [-0.3, -0.25) is 19.2 Å². The van der Waals surface area contributed by atoms with E-state index in [-0.39, 0.29) is 44.4 Å². The van der Waals surface area contributed by atoms with Gasteiger partial charge in [0.1, 0.15) is 17.2 Å². The third-order valence-electron chi connectivity index (χ3n) is 6.87. The first-order chi connectivity index (χ1) is 22.0. The highest BCUT2D eigenvalue weighted by atomic mass is 32.2. The van der Waals surface area contributed by atoms with Crippen molar-refractivity contribution in [2.24, 2.45) is 0 Å². The number of carbonyl (C=O) groups is 7. The molecule has 1 aliphatic heterocycles. The maximum Gasteiger partial charge on any atom is 0.375 e. The predicted molar refractivity (Wildman–Crippen MR) is 178 cm³/mol. The Hall–Kier alpha value is -2.96. The number of hydroxylamine groups is 2. The van der Waals surface area contributed by atoms with Crippen LogP contribution in [0, 0.1) is 0 Å². The summed E-state index contributed by atoms with van der Waals surface area (Å²) in [6.45, 7) is 10.3. The zero-order valence-corrected chi connectivity index (χ0v) is 30.1. The lowest BCUT2D eigenvalue weighted by Gasteiger charge is -2.24. The normalized spacial score (nSPS) is 14.1. The van der Waals surface area contributed by atoms with Crippen LogP contribution in [-0.4, -0.2) is 75.2 Å². The number of nitrogens with one attached hydrogen (secondary N) is 1. The van der Waals surface area contributed by atoms with E-state index in [4.69, 9.17) is 14.3 Å². The van der Waals surface area contributed by atoms with Gasteiger partial charge >= 0.3 is 17.9 Å². The van der Waals surface area contributed by atoms with Crippen LogP contribution in [0.4, 0.5) is 0 Å². The van der Waals surface area contributed by atoms with Crippen molar-refractivity contribution in [1.82, 2.24) is 10.4 Å². The summed E-state index contributed by atoms with van der Waals surface area (Å²) in [4.78, 5) is 89.2. The molecule has 3 amide bonds. The number of Topliss-reactive ketones (excluding diaryl/α,β-unsaturated/α-hetero) is 1. The van der Waals surface area contributed by atoms with Crippen LogP contribution in [0.3, 0.4) is 0 Å². The quantitative estimate of drug-likeness (QED) is 0.0624. The number of thioether (sulfide) groups is 1. The molecule has 0 aliphatic carbocycles. The Morgan fingerprint density at radius 3 is 1.72 bits per heavy atom. The lowest BCUT2D eigenvalue weighted by atomic mass is 10.1. The highest BCUT2D eigenvalue weighted by molar-refractivity contribution is 7.99. The molecule has 0 bridgehead atoms. The van der Waals surface area contributed by atoms with E-state index >= 15 is 0 Å². The van der Waals surface area contributed by atoms with Crippen LogP contribution in [0.15, 0.2) is 0 Å². The Morgan fingerprint density at radius 1 is 0.702 bits per heavy atom. The molecule has 0 aromatic rings. The van der Waals surface area contributed by atoms with Gasteiger partial charge in [0.2, 0.25) is 11.7 Å². The summed E-state index contributed by atoms with van der Waals surface area (Å²) in [6, 6.07) is -1.07. The second-order valence-corrected chi connectivity index (χ2v) is 15.0. The third kappa shape index (κ3) is 20.8. The van der Waals surface area contributed by atoms with E-state index < -0.39 is 52.7 Å². The van der Waals surface area contributed by atoms with Gasteiger partial charge in [0, 0.05) is 25.7 Å². The molecule has 0 spiro atoms. The monoisotopic (exact) mass is 684 g/mol. The lowest BCUT2D eigenvalue weighted by molar-refractivity contribution is -0.197. The van der Waals surface area contributed by atoms with Crippen molar-refractivity contribution in [2.75, 3.05) is 11.5 Å². The van der Waals surface area contributed by atoms with Crippen molar-refractivity contribution < 1.29 is 47.9 Å².